The predicted molar refractivity (Wildman–Crippen MR) is 55.1 cm³/mol. The Labute approximate surface area is 85.9 Å². The summed E-state index contributed by atoms with van der Waals surface area (Å²) in [6.45, 7) is 3.74. The molecule has 0 saturated heterocycles. The van der Waals surface area contributed by atoms with Crippen LogP contribution in [0.25, 0.3) is 0 Å². The summed E-state index contributed by atoms with van der Waals surface area (Å²) in [5.41, 5.74) is 5.29. The second kappa shape index (κ2) is 7.14. The molecule has 1 unspecified atom stereocenters. The van der Waals surface area contributed by atoms with Gasteiger partial charge in [0, 0.05) is 34.4 Å². The molecule has 14 heavy (non-hydrogen) atoms. The first-order chi connectivity index (χ1) is 6.64. The number of nitrogens with one attached hydrogen (secondary N) is 1. The molecule has 0 aliphatic rings. The van der Waals surface area contributed by atoms with E-state index in [2.05, 4.69) is 5.32 Å². The van der Waals surface area contributed by atoms with Gasteiger partial charge in [-0.05, 0) is 6.92 Å². The Bertz CT molecular complexity index is 142. The van der Waals surface area contributed by atoms with Gasteiger partial charge >= 0.3 is 0 Å². The topological polar surface area (TPSA) is 65.7 Å². The fourth-order valence-electron chi connectivity index (χ4n) is 1.31. The van der Waals surface area contributed by atoms with Crippen LogP contribution < -0.4 is 11.1 Å². The highest BCUT2D eigenvalue weighted by molar-refractivity contribution is 4.87. The van der Waals surface area contributed by atoms with Gasteiger partial charge in [0.1, 0.15) is 0 Å². The highest BCUT2D eigenvalue weighted by atomic mass is 16.7. The first-order valence-electron chi connectivity index (χ1n) is 4.64. The fraction of sp³-hybridized carbons (Fsp3) is 1.00. The smallest absolute Gasteiger partial charge is 0.175 e. The van der Waals surface area contributed by atoms with Crippen LogP contribution in [0.5, 0.6) is 0 Å². The standard InChI is InChI=1S/C9H22N2O3/c1-9(7-10,8(13-3)14-4)11-5-6-12-2/h8,11H,5-7,10H2,1-4H3. The molecular formula is C9H22N2O3. The summed E-state index contributed by atoms with van der Waals surface area (Å²) >= 11 is 0. The molecule has 0 fully saturated rings. The van der Waals surface area contributed by atoms with Gasteiger partial charge in [-0.1, -0.05) is 0 Å². The molecule has 86 valence electrons. The number of ether oxygens (including phenoxy) is 3. The molecule has 0 amide bonds. The van der Waals surface area contributed by atoms with E-state index in [-0.39, 0.29) is 11.8 Å². The molecule has 0 saturated carbocycles. The summed E-state index contributed by atoms with van der Waals surface area (Å²) in [6, 6.07) is 0. The summed E-state index contributed by atoms with van der Waals surface area (Å²) in [4.78, 5) is 0. The minimum Gasteiger partial charge on any atom is -0.383 e. The van der Waals surface area contributed by atoms with Gasteiger partial charge in [-0.3, -0.25) is 0 Å². The molecular weight excluding hydrogens is 184 g/mol. The lowest BCUT2D eigenvalue weighted by Crippen LogP contribution is -2.59. The minimum atomic E-state index is -0.387. The van der Waals surface area contributed by atoms with Crippen molar-refractivity contribution in [3.05, 3.63) is 0 Å². The molecule has 0 radical (unpaired) electrons. The molecule has 0 aliphatic carbocycles. The summed E-state index contributed by atoms with van der Waals surface area (Å²) in [6.07, 6.45) is -0.357. The van der Waals surface area contributed by atoms with Crippen molar-refractivity contribution in [3.63, 3.8) is 0 Å². The zero-order chi connectivity index (χ0) is 11.0. The van der Waals surface area contributed by atoms with E-state index in [0.717, 1.165) is 0 Å². The van der Waals surface area contributed by atoms with Crippen molar-refractivity contribution in [2.75, 3.05) is 41.0 Å². The second-order valence-electron chi connectivity index (χ2n) is 3.34. The summed E-state index contributed by atoms with van der Waals surface area (Å²) in [5.74, 6) is 0. The maximum Gasteiger partial charge on any atom is 0.175 e. The van der Waals surface area contributed by atoms with Crippen LogP contribution in [0.4, 0.5) is 0 Å². The van der Waals surface area contributed by atoms with Gasteiger partial charge in [0.15, 0.2) is 6.29 Å². The molecule has 0 rings (SSSR count). The predicted octanol–water partition coefficient (Wildman–Crippen LogP) is -0.441. The summed E-state index contributed by atoms with van der Waals surface area (Å²) in [5, 5.41) is 3.25. The second-order valence-corrected chi connectivity index (χ2v) is 3.34. The van der Waals surface area contributed by atoms with Crippen LogP contribution in [0, 0.1) is 0 Å². The third-order valence-corrected chi connectivity index (χ3v) is 2.21. The van der Waals surface area contributed by atoms with Crippen LogP contribution in [0.2, 0.25) is 0 Å². The molecule has 0 aromatic rings. The zero-order valence-corrected chi connectivity index (χ0v) is 9.50. The van der Waals surface area contributed by atoms with Gasteiger partial charge in [0.05, 0.1) is 12.1 Å². The van der Waals surface area contributed by atoms with E-state index in [4.69, 9.17) is 19.9 Å². The van der Waals surface area contributed by atoms with Crippen molar-refractivity contribution in [3.8, 4) is 0 Å². The van der Waals surface area contributed by atoms with E-state index in [1.807, 2.05) is 6.92 Å². The van der Waals surface area contributed by atoms with Crippen molar-refractivity contribution in [2.24, 2.45) is 5.73 Å². The molecule has 0 aliphatic heterocycles. The number of methoxy groups -OCH3 is 3. The van der Waals surface area contributed by atoms with Gasteiger partial charge in [-0.15, -0.1) is 0 Å². The van der Waals surface area contributed by atoms with E-state index < -0.39 is 0 Å². The lowest BCUT2D eigenvalue weighted by molar-refractivity contribution is -0.149. The molecule has 0 aromatic heterocycles. The maximum atomic E-state index is 5.68. The van der Waals surface area contributed by atoms with Crippen LogP contribution in [0.15, 0.2) is 0 Å². The van der Waals surface area contributed by atoms with E-state index in [1.165, 1.54) is 0 Å². The molecule has 1 atom stereocenters. The highest BCUT2D eigenvalue weighted by Crippen LogP contribution is 2.11. The number of rotatable bonds is 8. The Kier molecular flexibility index (Phi) is 7.04. The van der Waals surface area contributed by atoms with Crippen LogP contribution in [-0.4, -0.2) is 52.9 Å². The summed E-state index contributed by atoms with van der Waals surface area (Å²) in [7, 11) is 4.85. The van der Waals surface area contributed by atoms with Crippen LogP contribution in [0.3, 0.4) is 0 Å². The average Bonchev–Trinajstić information content (AvgIpc) is 2.20. The van der Waals surface area contributed by atoms with E-state index in [0.29, 0.717) is 19.7 Å². The molecule has 0 spiro atoms. The maximum absolute atomic E-state index is 5.68. The Hall–Kier alpha value is -0.200. The summed E-state index contributed by atoms with van der Waals surface area (Å²) < 4.78 is 15.3. The zero-order valence-electron chi connectivity index (χ0n) is 9.50. The first-order valence-corrected chi connectivity index (χ1v) is 4.64. The van der Waals surface area contributed by atoms with Crippen LogP contribution >= 0.6 is 0 Å². The van der Waals surface area contributed by atoms with Crippen molar-refractivity contribution < 1.29 is 14.2 Å². The lowest BCUT2D eigenvalue weighted by Gasteiger charge is -2.35. The Balaban J connectivity index is 4.14. The molecule has 5 heteroatoms. The third kappa shape index (κ3) is 3.89. The molecule has 3 N–H and O–H groups in total. The van der Waals surface area contributed by atoms with Gasteiger partial charge in [-0.25, -0.2) is 0 Å². The Morgan fingerprint density at radius 3 is 2.21 bits per heavy atom. The quantitative estimate of drug-likeness (QED) is 0.416. The van der Waals surface area contributed by atoms with Crippen molar-refractivity contribution in [1.29, 1.82) is 0 Å². The van der Waals surface area contributed by atoms with Crippen LogP contribution in [0.1, 0.15) is 6.92 Å². The van der Waals surface area contributed by atoms with E-state index >= 15 is 0 Å². The molecule has 0 heterocycles. The largest absolute Gasteiger partial charge is 0.383 e. The van der Waals surface area contributed by atoms with Crippen molar-refractivity contribution in [2.45, 2.75) is 18.8 Å². The third-order valence-electron chi connectivity index (χ3n) is 2.21. The molecule has 0 bridgehead atoms. The monoisotopic (exact) mass is 206 g/mol. The fourth-order valence-corrected chi connectivity index (χ4v) is 1.31. The average molecular weight is 206 g/mol. The van der Waals surface area contributed by atoms with Crippen molar-refractivity contribution >= 4 is 0 Å². The van der Waals surface area contributed by atoms with Crippen molar-refractivity contribution in [1.82, 2.24) is 5.32 Å². The number of hydrogen-bond donors (Lipinski definition) is 2. The highest BCUT2D eigenvalue weighted by Gasteiger charge is 2.32. The van der Waals surface area contributed by atoms with E-state index in [9.17, 15) is 0 Å². The SMILES string of the molecule is COCCNC(C)(CN)C(OC)OC. The Morgan fingerprint density at radius 2 is 1.86 bits per heavy atom. The van der Waals surface area contributed by atoms with Gasteiger partial charge in [0.2, 0.25) is 0 Å². The lowest BCUT2D eigenvalue weighted by atomic mass is 10.0. The molecule has 5 nitrogen and oxygen atoms in total. The first kappa shape index (κ1) is 13.8. The Morgan fingerprint density at radius 1 is 1.29 bits per heavy atom. The van der Waals surface area contributed by atoms with Gasteiger partial charge in [0.25, 0.3) is 0 Å². The number of nitrogens with two attached hydrogens (primary N) is 1. The molecule has 0 aromatic carbocycles. The van der Waals surface area contributed by atoms with E-state index in [1.54, 1.807) is 21.3 Å². The van der Waals surface area contributed by atoms with Gasteiger partial charge in [-0.2, -0.15) is 0 Å². The van der Waals surface area contributed by atoms with Gasteiger partial charge < -0.3 is 25.3 Å². The normalized spacial score (nSPS) is 15.9. The number of hydrogen-bond acceptors (Lipinski definition) is 5. The van der Waals surface area contributed by atoms with Crippen LogP contribution in [-0.2, 0) is 14.2 Å². The minimum absolute atomic E-state index is 0.357.